The van der Waals surface area contributed by atoms with E-state index < -0.39 is 0 Å². The van der Waals surface area contributed by atoms with Gasteiger partial charge in [0.2, 0.25) is 0 Å². The maximum atomic E-state index is 2.72. The van der Waals surface area contributed by atoms with Gasteiger partial charge < -0.3 is 0 Å². The van der Waals surface area contributed by atoms with Crippen LogP contribution in [0.25, 0.3) is 0 Å². The highest BCUT2D eigenvalue weighted by atomic mass is 127. The fraction of sp³-hybridized carbons (Fsp3) is 1.00. The highest BCUT2D eigenvalue weighted by Crippen LogP contribution is 2.00. The molecule has 0 bridgehead atoms. The molecule has 0 aromatic carbocycles. The molecule has 1 atom stereocenters. The van der Waals surface area contributed by atoms with E-state index in [1.807, 2.05) is 0 Å². The molecule has 0 heterocycles. The second-order valence-electron chi connectivity index (χ2n) is 1.97. The van der Waals surface area contributed by atoms with Gasteiger partial charge in [0, 0.05) is 0 Å². The zero-order valence-electron chi connectivity index (χ0n) is 4.98. The van der Waals surface area contributed by atoms with E-state index in [-0.39, 0.29) is 24.0 Å². The van der Waals surface area contributed by atoms with Crippen molar-refractivity contribution in [2.24, 2.45) is 5.92 Å². The highest BCUT2D eigenvalue weighted by molar-refractivity contribution is 14.0. The smallest absolute Gasteiger partial charge is 0.0379 e. The predicted octanol–water partition coefficient (Wildman–Crippen LogP) is 2.53. The summed E-state index contributed by atoms with van der Waals surface area (Å²) in [5, 5.41) is 0. The van der Waals surface area contributed by atoms with Gasteiger partial charge in [0.25, 0.3) is 0 Å². The van der Waals surface area contributed by atoms with E-state index in [2.05, 4.69) is 23.1 Å². The summed E-state index contributed by atoms with van der Waals surface area (Å²) >= 11 is 0. The Balaban J connectivity index is 0. The molecule has 0 N–H and O–H groups in total. The first-order chi connectivity index (χ1) is 2.77. The minimum atomic E-state index is 0. The Kier molecular flexibility index (Phi) is 11.3. The van der Waals surface area contributed by atoms with Gasteiger partial charge >= 0.3 is 0 Å². The lowest BCUT2D eigenvalue weighted by Gasteiger charge is -1.95. The molecule has 2 heteroatoms. The first kappa shape index (κ1) is 11.0. The topological polar surface area (TPSA) is 0 Å². The van der Waals surface area contributed by atoms with Crippen LogP contribution in [0.1, 0.15) is 20.3 Å². The average molecular weight is 232 g/mol. The van der Waals surface area contributed by atoms with Crippen LogP contribution >= 0.6 is 33.2 Å². The summed E-state index contributed by atoms with van der Waals surface area (Å²) in [6.45, 7) is 4.48. The summed E-state index contributed by atoms with van der Waals surface area (Å²) in [5.41, 5.74) is 0. The molecule has 0 aromatic heterocycles. The molecule has 0 saturated heterocycles. The minimum Gasteiger partial charge on any atom is -0.138 e. The molecule has 46 valence electrons. The standard InChI is InChI=1S/C5H13P.HI/c1-5(2)3-4-6;/h5H,3-4,6H2,1-2H3;1H. The van der Waals surface area contributed by atoms with E-state index in [0.29, 0.717) is 0 Å². The van der Waals surface area contributed by atoms with E-state index in [4.69, 9.17) is 0 Å². The molecule has 0 amide bonds. The van der Waals surface area contributed by atoms with Gasteiger partial charge in [-0.3, -0.25) is 0 Å². The molecular formula is C5H14IP. The predicted molar refractivity (Wildman–Crippen MR) is 49.4 cm³/mol. The quantitative estimate of drug-likeness (QED) is 0.507. The van der Waals surface area contributed by atoms with Crippen molar-refractivity contribution in [1.82, 2.24) is 0 Å². The maximum absolute atomic E-state index is 2.72. The Morgan fingerprint density at radius 2 is 1.86 bits per heavy atom. The van der Waals surface area contributed by atoms with Gasteiger partial charge in [0.15, 0.2) is 0 Å². The van der Waals surface area contributed by atoms with Gasteiger partial charge in [0.1, 0.15) is 0 Å². The Hall–Kier alpha value is 1.16. The summed E-state index contributed by atoms with van der Waals surface area (Å²) in [5.74, 6) is 0.877. The molecule has 0 aliphatic carbocycles. The van der Waals surface area contributed by atoms with Crippen molar-refractivity contribution >= 4 is 33.2 Å². The zero-order valence-corrected chi connectivity index (χ0v) is 8.46. The largest absolute Gasteiger partial charge is 0.138 e. The lowest BCUT2D eigenvalue weighted by molar-refractivity contribution is 0.632. The first-order valence-electron chi connectivity index (χ1n) is 2.47. The van der Waals surface area contributed by atoms with E-state index >= 15 is 0 Å². The van der Waals surface area contributed by atoms with Crippen molar-refractivity contribution < 1.29 is 0 Å². The fourth-order valence-corrected chi connectivity index (χ4v) is 1.00. The van der Waals surface area contributed by atoms with Crippen LogP contribution in [-0.2, 0) is 0 Å². The third-order valence-electron chi connectivity index (χ3n) is 0.744. The van der Waals surface area contributed by atoms with E-state index in [1.165, 1.54) is 12.6 Å². The number of hydrogen-bond donors (Lipinski definition) is 0. The number of rotatable bonds is 2. The van der Waals surface area contributed by atoms with Gasteiger partial charge in [-0.25, -0.2) is 0 Å². The van der Waals surface area contributed by atoms with Crippen molar-refractivity contribution in [1.29, 1.82) is 0 Å². The van der Waals surface area contributed by atoms with Crippen LogP contribution in [-0.4, -0.2) is 6.16 Å². The van der Waals surface area contributed by atoms with Gasteiger partial charge in [-0.05, 0) is 18.5 Å². The van der Waals surface area contributed by atoms with Gasteiger partial charge in [-0.1, -0.05) is 13.8 Å². The van der Waals surface area contributed by atoms with Crippen LogP contribution in [0.5, 0.6) is 0 Å². The normalized spacial score (nSPS) is 8.57. The van der Waals surface area contributed by atoms with Crippen LogP contribution in [0.2, 0.25) is 0 Å². The number of hydrogen-bond acceptors (Lipinski definition) is 0. The molecule has 0 saturated carbocycles. The third-order valence-corrected chi connectivity index (χ3v) is 1.08. The first-order valence-corrected chi connectivity index (χ1v) is 3.29. The Bertz CT molecular complexity index is 29.3. The molecule has 0 nitrogen and oxygen atoms in total. The average Bonchev–Trinajstić information content (AvgIpc) is 1.35. The molecule has 0 fully saturated rings. The van der Waals surface area contributed by atoms with E-state index in [9.17, 15) is 0 Å². The molecule has 0 rings (SSSR count). The van der Waals surface area contributed by atoms with Crippen LogP contribution in [0.3, 0.4) is 0 Å². The summed E-state index contributed by atoms with van der Waals surface area (Å²) in [4.78, 5) is 0. The molecule has 7 heavy (non-hydrogen) atoms. The molecule has 1 unspecified atom stereocenters. The second kappa shape index (κ2) is 7.16. The summed E-state index contributed by atoms with van der Waals surface area (Å²) in [6.07, 6.45) is 2.59. The fourth-order valence-electron chi connectivity index (χ4n) is 0.333. The van der Waals surface area contributed by atoms with Crippen molar-refractivity contribution in [2.75, 3.05) is 6.16 Å². The third kappa shape index (κ3) is 11.0. The lowest BCUT2D eigenvalue weighted by atomic mass is 10.2. The van der Waals surface area contributed by atoms with Crippen LogP contribution in [0, 0.1) is 5.92 Å². The molecule has 0 aliphatic heterocycles. The Morgan fingerprint density at radius 3 is 1.86 bits per heavy atom. The molecular weight excluding hydrogens is 218 g/mol. The van der Waals surface area contributed by atoms with Crippen molar-refractivity contribution in [2.45, 2.75) is 20.3 Å². The lowest BCUT2D eigenvalue weighted by Crippen LogP contribution is -1.84. The van der Waals surface area contributed by atoms with Crippen LogP contribution in [0.4, 0.5) is 0 Å². The molecule has 0 spiro atoms. The number of halogens is 1. The summed E-state index contributed by atoms with van der Waals surface area (Å²) < 4.78 is 0. The Labute approximate surface area is 65.7 Å². The minimum absolute atomic E-state index is 0. The van der Waals surface area contributed by atoms with E-state index in [1.54, 1.807) is 0 Å². The van der Waals surface area contributed by atoms with Gasteiger partial charge in [-0.2, -0.15) is 0 Å². The zero-order chi connectivity index (χ0) is 4.99. The van der Waals surface area contributed by atoms with E-state index in [0.717, 1.165) is 5.92 Å². The maximum Gasteiger partial charge on any atom is -0.0379 e. The van der Waals surface area contributed by atoms with Gasteiger partial charge in [0.05, 0.1) is 0 Å². The van der Waals surface area contributed by atoms with Crippen molar-refractivity contribution in [3.05, 3.63) is 0 Å². The van der Waals surface area contributed by atoms with Crippen LogP contribution in [0.15, 0.2) is 0 Å². The molecule has 0 radical (unpaired) electrons. The Morgan fingerprint density at radius 1 is 1.43 bits per heavy atom. The second-order valence-corrected chi connectivity index (χ2v) is 2.55. The molecule has 0 aromatic rings. The summed E-state index contributed by atoms with van der Waals surface area (Å²) in [7, 11) is 2.72. The SMILES string of the molecule is CC(C)CCP.I. The highest BCUT2D eigenvalue weighted by Gasteiger charge is 1.85. The van der Waals surface area contributed by atoms with Crippen molar-refractivity contribution in [3.63, 3.8) is 0 Å². The monoisotopic (exact) mass is 232 g/mol. The summed E-state index contributed by atoms with van der Waals surface area (Å²) in [6, 6.07) is 0. The molecule has 0 aliphatic rings. The van der Waals surface area contributed by atoms with Crippen molar-refractivity contribution in [3.8, 4) is 0 Å². The van der Waals surface area contributed by atoms with Crippen LogP contribution < -0.4 is 0 Å². The van der Waals surface area contributed by atoms with Gasteiger partial charge in [-0.15, -0.1) is 33.2 Å².